The number of carboxylic acid groups (broad SMARTS) is 1. The molecule has 78 valence electrons. The van der Waals surface area contributed by atoms with Crippen molar-refractivity contribution in [2.45, 2.75) is 13.5 Å². The van der Waals surface area contributed by atoms with Gasteiger partial charge in [0.15, 0.2) is 0 Å². The monoisotopic (exact) mass is 229 g/mol. The van der Waals surface area contributed by atoms with E-state index >= 15 is 0 Å². The second-order valence-corrected chi connectivity index (χ2v) is 4.42. The number of aryl methyl sites for hydroxylation is 1. The fraction of sp³-hybridized carbons (Fsp3) is 0.200. The predicted molar refractivity (Wildman–Crippen MR) is 54.6 cm³/mol. The average molecular weight is 229 g/mol. The van der Waals surface area contributed by atoms with E-state index in [-0.39, 0.29) is 31.2 Å². The maximum atomic E-state index is 10.7. The van der Waals surface area contributed by atoms with Crippen LogP contribution in [0.25, 0.3) is 10.2 Å². The first kappa shape index (κ1) is 13.2. The first-order chi connectivity index (χ1) is 7.11. The fourth-order valence-electron chi connectivity index (χ4n) is 1.43. The number of aromatic carboxylic acids is 1. The van der Waals surface area contributed by atoms with Gasteiger partial charge in [-0.2, -0.15) is 0 Å². The standard InChI is InChI=1S/C10H9NO3S.Li/c1-5-2-7-6(4-12)3-8(10(13)14)11-9(7)15-5;/h2-3,12H,4H2,1H3,(H,13,14);/q;+1/p-1. The fourth-order valence-corrected chi connectivity index (χ4v) is 2.36. The summed E-state index contributed by atoms with van der Waals surface area (Å²) in [6, 6.07) is 3.24. The number of fused-ring (bicyclic) bond motifs is 1. The maximum absolute atomic E-state index is 10.7. The van der Waals surface area contributed by atoms with E-state index in [1.165, 1.54) is 17.4 Å². The Morgan fingerprint density at radius 1 is 1.56 bits per heavy atom. The van der Waals surface area contributed by atoms with Crippen molar-refractivity contribution in [3.63, 3.8) is 0 Å². The summed E-state index contributed by atoms with van der Waals surface area (Å²) in [4.78, 5) is 16.3. The summed E-state index contributed by atoms with van der Waals surface area (Å²) in [7, 11) is 0. The van der Waals surface area contributed by atoms with E-state index in [0.29, 0.717) is 10.4 Å². The first-order valence-electron chi connectivity index (χ1n) is 4.34. The van der Waals surface area contributed by atoms with Crippen LogP contribution in [0.1, 0.15) is 20.9 Å². The third-order valence-electron chi connectivity index (χ3n) is 2.09. The molecule has 0 saturated heterocycles. The molecule has 2 aromatic rings. The molecule has 1 N–H and O–H groups in total. The Morgan fingerprint density at radius 2 is 2.25 bits per heavy atom. The molecule has 2 aromatic heterocycles. The second kappa shape index (κ2) is 4.98. The van der Waals surface area contributed by atoms with Crippen LogP contribution in [0.5, 0.6) is 0 Å². The third kappa shape index (κ3) is 2.28. The first-order valence-corrected chi connectivity index (χ1v) is 5.15. The minimum atomic E-state index is -1.32. The van der Waals surface area contributed by atoms with Crippen molar-refractivity contribution in [2.24, 2.45) is 0 Å². The van der Waals surface area contributed by atoms with E-state index in [0.717, 1.165) is 10.3 Å². The number of pyridine rings is 1. The molecule has 0 spiro atoms. The quantitative estimate of drug-likeness (QED) is 0.576. The van der Waals surface area contributed by atoms with Crippen LogP contribution in [0.15, 0.2) is 12.1 Å². The normalized spacial score (nSPS) is 10.1. The minimum absolute atomic E-state index is 0. The summed E-state index contributed by atoms with van der Waals surface area (Å²) in [5, 5.41) is 20.6. The molecule has 0 radical (unpaired) electrons. The van der Waals surface area contributed by atoms with Crippen LogP contribution in [0.2, 0.25) is 0 Å². The van der Waals surface area contributed by atoms with Crippen LogP contribution in [0, 0.1) is 6.92 Å². The summed E-state index contributed by atoms with van der Waals surface area (Å²) in [6.45, 7) is 1.71. The van der Waals surface area contributed by atoms with E-state index in [9.17, 15) is 9.90 Å². The predicted octanol–water partition coefficient (Wildman–Crippen LogP) is -2.54. The largest absolute Gasteiger partial charge is 1.00 e. The van der Waals surface area contributed by atoms with Crippen molar-refractivity contribution >= 4 is 27.5 Å². The summed E-state index contributed by atoms with van der Waals surface area (Å²) in [6.07, 6.45) is 0. The van der Waals surface area contributed by atoms with Gasteiger partial charge < -0.3 is 15.0 Å². The molecule has 4 nitrogen and oxygen atoms in total. The second-order valence-electron chi connectivity index (χ2n) is 3.19. The Hall–Kier alpha value is -0.863. The number of hydrogen-bond donors (Lipinski definition) is 1. The topological polar surface area (TPSA) is 73.2 Å². The number of carbonyl (C=O) groups excluding carboxylic acids is 1. The maximum Gasteiger partial charge on any atom is 1.00 e. The van der Waals surface area contributed by atoms with Crippen molar-refractivity contribution in [2.75, 3.05) is 0 Å². The van der Waals surface area contributed by atoms with Gasteiger partial charge >= 0.3 is 18.9 Å². The number of thiophene rings is 1. The molecule has 6 heteroatoms. The van der Waals surface area contributed by atoms with Crippen molar-refractivity contribution < 1.29 is 33.9 Å². The van der Waals surface area contributed by atoms with Crippen molar-refractivity contribution in [1.29, 1.82) is 0 Å². The number of aliphatic hydroxyl groups excluding tert-OH is 1. The zero-order valence-electron chi connectivity index (χ0n) is 8.98. The third-order valence-corrected chi connectivity index (χ3v) is 3.04. The Balaban J connectivity index is 0.00000128. The molecule has 0 aliphatic heterocycles. The molecule has 0 aromatic carbocycles. The molecular weight excluding hydrogens is 221 g/mol. The van der Waals surface area contributed by atoms with E-state index < -0.39 is 5.97 Å². The minimum Gasteiger partial charge on any atom is -0.543 e. The van der Waals surface area contributed by atoms with Crippen LogP contribution in [-0.4, -0.2) is 16.1 Å². The van der Waals surface area contributed by atoms with Crippen LogP contribution in [-0.2, 0) is 6.61 Å². The van der Waals surface area contributed by atoms with Gasteiger partial charge in [0, 0.05) is 10.3 Å². The van der Waals surface area contributed by atoms with Crippen LogP contribution >= 0.6 is 11.3 Å². The van der Waals surface area contributed by atoms with Crippen molar-refractivity contribution in [1.82, 2.24) is 4.98 Å². The summed E-state index contributed by atoms with van der Waals surface area (Å²) in [5.74, 6) is -1.32. The van der Waals surface area contributed by atoms with Crippen molar-refractivity contribution in [3.05, 3.63) is 28.3 Å². The van der Waals surface area contributed by atoms with Gasteiger partial charge in [-0.05, 0) is 24.6 Å². The molecule has 0 saturated carbocycles. The number of aromatic nitrogens is 1. The Labute approximate surface area is 108 Å². The molecule has 16 heavy (non-hydrogen) atoms. The molecular formula is C10H8LiNO3S. The summed E-state index contributed by atoms with van der Waals surface area (Å²) in [5.41, 5.74) is 0.442. The molecule has 0 aliphatic carbocycles. The molecule has 0 amide bonds. The van der Waals surface area contributed by atoms with E-state index in [2.05, 4.69) is 4.98 Å². The number of aliphatic hydroxyl groups is 1. The molecule has 0 unspecified atom stereocenters. The molecule has 0 aliphatic rings. The van der Waals surface area contributed by atoms with E-state index in [1.54, 1.807) is 0 Å². The summed E-state index contributed by atoms with van der Waals surface area (Å²) >= 11 is 1.40. The smallest absolute Gasteiger partial charge is 0.543 e. The number of rotatable bonds is 2. The van der Waals surface area contributed by atoms with E-state index in [1.807, 2.05) is 13.0 Å². The van der Waals surface area contributed by atoms with Gasteiger partial charge in [-0.25, -0.2) is 4.98 Å². The van der Waals surface area contributed by atoms with Gasteiger partial charge in [-0.15, -0.1) is 11.3 Å². The Morgan fingerprint density at radius 3 is 2.81 bits per heavy atom. The van der Waals surface area contributed by atoms with E-state index in [4.69, 9.17) is 5.11 Å². The van der Waals surface area contributed by atoms with Gasteiger partial charge in [0.1, 0.15) is 4.83 Å². The van der Waals surface area contributed by atoms with Gasteiger partial charge in [0.05, 0.1) is 18.3 Å². The van der Waals surface area contributed by atoms with Gasteiger partial charge in [-0.1, -0.05) is 0 Å². The molecule has 0 bridgehead atoms. The Kier molecular flexibility index (Phi) is 4.11. The zero-order valence-corrected chi connectivity index (χ0v) is 9.80. The number of nitrogens with zero attached hydrogens (tertiary/aromatic N) is 1. The molecule has 2 heterocycles. The zero-order chi connectivity index (χ0) is 11.0. The van der Waals surface area contributed by atoms with Crippen molar-refractivity contribution in [3.8, 4) is 0 Å². The summed E-state index contributed by atoms with van der Waals surface area (Å²) < 4.78 is 0. The molecule has 0 fully saturated rings. The Bertz CT molecular complexity index is 538. The van der Waals surface area contributed by atoms with Crippen LogP contribution in [0.3, 0.4) is 0 Å². The van der Waals surface area contributed by atoms with Gasteiger partial charge in [0.25, 0.3) is 0 Å². The number of hydrogen-bond acceptors (Lipinski definition) is 5. The number of carbonyl (C=O) groups is 1. The SMILES string of the molecule is Cc1cc2c(CO)cc(C(=O)[O-])nc2s1.[Li+]. The van der Waals surface area contributed by atoms with Gasteiger partial charge in [0.2, 0.25) is 0 Å². The van der Waals surface area contributed by atoms with Crippen LogP contribution in [0.4, 0.5) is 0 Å². The van der Waals surface area contributed by atoms with Crippen LogP contribution < -0.4 is 24.0 Å². The molecule has 0 atom stereocenters. The van der Waals surface area contributed by atoms with Gasteiger partial charge in [-0.3, -0.25) is 0 Å². The number of carboxylic acids is 1. The average Bonchev–Trinajstić information content (AvgIpc) is 2.56. The molecule has 2 rings (SSSR count).